The third kappa shape index (κ3) is 9.01. The van der Waals surface area contributed by atoms with Crippen LogP contribution in [0.5, 0.6) is 0 Å². The lowest BCUT2D eigenvalue weighted by Gasteiger charge is -2.19. The molecule has 35 heavy (non-hydrogen) atoms. The molecule has 3 amide bonds. The number of amides is 3. The Morgan fingerprint density at radius 2 is 1.54 bits per heavy atom. The number of aliphatic hydroxyl groups excluding tert-OH is 1. The SMILES string of the molecule is C[C@@H](O)[C@H](NC(=O)c1ccc(C#CC#Cc2ccc(NC(=O)CNCC#N)cc2)cc1)C(=O)NO. The minimum Gasteiger partial charge on any atom is -0.391 e. The first-order valence-corrected chi connectivity index (χ1v) is 10.4. The van der Waals surface area contributed by atoms with Gasteiger partial charge < -0.3 is 15.7 Å². The number of aliphatic hydroxyl groups is 1. The number of nitriles is 1. The Bertz CT molecular complexity index is 1210. The highest BCUT2D eigenvalue weighted by Gasteiger charge is 2.25. The molecule has 2 aromatic carbocycles. The lowest BCUT2D eigenvalue weighted by atomic mass is 10.1. The van der Waals surface area contributed by atoms with Crippen molar-refractivity contribution in [3.8, 4) is 29.8 Å². The highest BCUT2D eigenvalue weighted by atomic mass is 16.5. The molecule has 0 aromatic heterocycles. The van der Waals surface area contributed by atoms with Gasteiger partial charge in [0.05, 0.1) is 25.3 Å². The largest absolute Gasteiger partial charge is 0.391 e. The number of hydrogen-bond donors (Lipinski definition) is 6. The van der Waals surface area contributed by atoms with E-state index in [0.29, 0.717) is 16.8 Å². The maximum absolute atomic E-state index is 12.3. The summed E-state index contributed by atoms with van der Waals surface area (Å²) in [6.45, 7) is 1.45. The van der Waals surface area contributed by atoms with Crippen LogP contribution in [-0.4, -0.2) is 53.3 Å². The number of anilines is 1. The lowest BCUT2D eigenvalue weighted by molar-refractivity contribution is -0.133. The first-order valence-electron chi connectivity index (χ1n) is 10.4. The van der Waals surface area contributed by atoms with Crippen molar-refractivity contribution >= 4 is 23.4 Å². The molecule has 0 saturated carbocycles. The van der Waals surface area contributed by atoms with E-state index in [2.05, 4.69) is 39.6 Å². The van der Waals surface area contributed by atoms with E-state index in [-0.39, 0.29) is 24.6 Å². The molecule has 6 N–H and O–H groups in total. The number of hydroxylamine groups is 1. The molecule has 0 aliphatic heterocycles. The van der Waals surface area contributed by atoms with E-state index in [1.807, 2.05) is 6.07 Å². The van der Waals surface area contributed by atoms with E-state index in [0.717, 1.165) is 0 Å². The number of rotatable bonds is 8. The number of benzene rings is 2. The normalized spacial score (nSPS) is 11.3. The van der Waals surface area contributed by atoms with Crippen LogP contribution < -0.4 is 21.4 Å². The van der Waals surface area contributed by atoms with Gasteiger partial charge in [0, 0.05) is 22.4 Å². The van der Waals surface area contributed by atoms with Crippen LogP contribution in [0.25, 0.3) is 0 Å². The van der Waals surface area contributed by atoms with Gasteiger partial charge >= 0.3 is 0 Å². The monoisotopic (exact) mass is 473 g/mol. The average molecular weight is 473 g/mol. The van der Waals surface area contributed by atoms with E-state index in [1.165, 1.54) is 24.5 Å². The fourth-order valence-electron chi connectivity index (χ4n) is 2.69. The number of carbonyl (C=O) groups excluding carboxylic acids is 3. The molecule has 10 nitrogen and oxygen atoms in total. The second kappa shape index (κ2) is 13.8. The summed E-state index contributed by atoms with van der Waals surface area (Å²) in [6, 6.07) is 13.7. The predicted octanol–water partition coefficient (Wildman–Crippen LogP) is 0.126. The quantitative estimate of drug-likeness (QED) is 0.104. The van der Waals surface area contributed by atoms with Crippen molar-refractivity contribution in [3.05, 3.63) is 65.2 Å². The zero-order valence-electron chi connectivity index (χ0n) is 18.8. The number of carbonyl (C=O) groups is 3. The Labute approximate surface area is 202 Å². The van der Waals surface area contributed by atoms with Gasteiger partial charge in [0.25, 0.3) is 11.8 Å². The molecule has 0 heterocycles. The van der Waals surface area contributed by atoms with Crippen LogP contribution in [0.2, 0.25) is 0 Å². The minimum atomic E-state index is -1.31. The zero-order chi connectivity index (χ0) is 25.6. The fourth-order valence-corrected chi connectivity index (χ4v) is 2.69. The molecule has 178 valence electrons. The lowest BCUT2D eigenvalue weighted by Crippen LogP contribution is -2.51. The molecule has 2 aromatic rings. The van der Waals surface area contributed by atoms with Gasteiger partial charge in [-0.25, -0.2) is 5.48 Å². The average Bonchev–Trinajstić information content (AvgIpc) is 2.86. The van der Waals surface area contributed by atoms with Gasteiger partial charge in [0.1, 0.15) is 6.04 Å². The number of nitrogens with one attached hydrogen (secondary N) is 4. The minimum absolute atomic E-state index is 0.0413. The van der Waals surface area contributed by atoms with E-state index in [4.69, 9.17) is 10.5 Å². The fraction of sp³-hybridized carbons (Fsp3) is 0.200. The van der Waals surface area contributed by atoms with Crippen molar-refractivity contribution in [2.24, 2.45) is 0 Å². The molecule has 2 rings (SSSR count). The Morgan fingerprint density at radius 1 is 0.971 bits per heavy atom. The summed E-state index contributed by atoms with van der Waals surface area (Å²) in [5.74, 6) is 9.38. The van der Waals surface area contributed by atoms with Crippen LogP contribution >= 0.6 is 0 Å². The van der Waals surface area contributed by atoms with Gasteiger partial charge in [-0.05, 0) is 67.3 Å². The van der Waals surface area contributed by atoms with Gasteiger partial charge in [-0.3, -0.25) is 24.9 Å². The molecule has 0 saturated heterocycles. The van der Waals surface area contributed by atoms with Gasteiger partial charge in [0.2, 0.25) is 5.91 Å². The summed E-state index contributed by atoms with van der Waals surface area (Å²) < 4.78 is 0. The second-order valence-electron chi connectivity index (χ2n) is 7.13. The molecule has 0 aliphatic carbocycles. The van der Waals surface area contributed by atoms with Gasteiger partial charge in [0.15, 0.2) is 0 Å². The van der Waals surface area contributed by atoms with Crippen LogP contribution in [-0.2, 0) is 9.59 Å². The van der Waals surface area contributed by atoms with Crippen molar-refractivity contribution in [1.29, 1.82) is 5.26 Å². The Hall–Kier alpha value is -4.66. The standard InChI is InChI=1S/C25H23N5O5/c1-17(31)23(25(34)30-35)29-24(33)20-10-6-18(7-11-20)4-2-3-5-19-8-12-21(13-9-19)28-22(32)16-27-15-14-26/h6-13,17,23,27,31,35H,15-16H2,1H3,(H,28,32)(H,29,33)(H,30,34)/t17-,23+/m1/s1. The van der Waals surface area contributed by atoms with Crippen LogP contribution in [0.4, 0.5) is 5.69 Å². The van der Waals surface area contributed by atoms with Crippen LogP contribution in [0.1, 0.15) is 28.4 Å². The summed E-state index contributed by atoms with van der Waals surface area (Å²) in [5.41, 5.74) is 3.55. The summed E-state index contributed by atoms with van der Waals surface area (Å²) in [4.78, 5) is 35.5. The van der Waals surface area contributed by atoms with E-state index in [9.17, 15) is 19.5 Å². The molecular formula is C25H23N5O5. The smallest absolute Gasteiger partial charge is 0.268 e. The Morgan fingerprint density at radius 3 is 2.06 bits per heavy atom. The molecule has 2 atom stereocenters. The maximum Gasteiger partial charge on any atom is 0.268 e. The number of nitrogens with zero attached hydrogens (tertiary/aromatic N) is 1. The Balaban J connectivity index is 1.93. The molecular weight excluding hydrogens is 450 g/mol. The summed E-state index contributed by atoms with van der Waals surface area (Å²) >= 11 is 0. The van der Waals surface area contributed by atoms with Crippen molar-refractivity contribution in [3.63, 3.8) is 0 Å². The van der Waals surface area contributed by atoms with E-state index >= 15 is 0 Å². The summed E-state index contributed by atoms with van der Waals surface area (Å²) in [5, 5.41) is 34.5. The van der Waals surface area contributed by atoms with Crippen LogP contribution in [0.3, 0.4) is 0 Å². The van der Waals surface area contributed by atoms with Crippen LogP contribution in [0, 0.1) is 35.0 Å². The third-order valence-electron chi connectivity index (χ3n) is 4.44. The highest BCUT2D eigenvalue weighted by molar-refractivity contribution is 5.97. The number of hydrogen-bond acceptors (Lipinski definition) is 7. The maximum atomic E-state index is 12.3. The van der Waals surface area contributed by atoms with Gasteiger partial charge in [-0.1, -0.05) is 11.8 Å². The van der Waals surface area contributed by atoms with E-state index in [1.54, 1.807) is 36.4 Å². The second-order valence-corrected chi connectivity index (χ2v) is 7.13. The Kier molecular flexibility index (Phi) is 10.5. The first kappa shape index (κ1) is 26.6. The molecule has 0 radical (unpaired) electrons. The molecule has 0 fully saturated rings. The van der Waals surface area contributed by atoms with Gasteiger partial charge in [-0.2, -0.15) is 5.26 Å². The highest BCUT2D eigenvalue weighted by Crippen LogP contribution is 2.08. The van der Waals surface area contributed by atoms with Crippen molar-refractivity contribution < 1.29 is 24.7 Å². The third-order valence-corrected chi connectivity index (χ3v) is 4.44. The van der Waals surface area contributed by atoms with Crippen LogP contribution in [0.15, 0.2) is 48.5 Å². The predicted molar refractivity (Wildman–Crippen MR) is 127 cm³/mol. The molecule has 0 bridgehead atoms. The van der Waals surface area contributed by atoms with Gasteiger partial charge in [-0.15, -0.1) is 0 Å². The molecule has 0 aliphatic rings. The molecule has 0 unspecified atom stereocenters. The molecule has 0 spiro atoms. The van der Waals surface area contributed by atoms with Crippen molar-refractivity contribution in [2.75, 3.05) is 18.4 Å². The van der Waals surface area contributed by atoms with E-state index < -0.39 is 24.0 Å². The van der Waals surface area contributed by atoms with Crippen molar-refractivity contribution in [1.82, 2.24) is 16.1 Å². The zero-order valence-corrected chi connectivity index (χ0v) is 18.8. The summed E-state index contributed by atoms with van der Waals surface area (Å²) in [7, 11) is 0. The first-order chi connectivity index (χ1) is 16.8. The van der Waals surface area contributed by atoms with Crippen molar-refractivity contribution in [2.45, 2.75) is 19.1 Å². The molecule has 10 heteroatoms. The summed E-state index contributed by atoms with van der Waals surface area (Å²) in [6.07, 6.45) is -1.21. The topological polar surface area (TPSA) is 164 Å².